The lowest BCUT2D eigenvalue weighted by Gasteiger charge is -2.23. The topological polar surface area (TPSA) is 31.9 Å². The van der Waals surface area contributed by atoms with E-state index in [0.29, 0.717) is 12.1 Å². The molecule has 2 unspecified atom stereocenters. The number of hydrogen-bond acceptors (Lipinski definition) is 1. The Labute approximate surface area is 55.3 Å². The molecule has 0 aromatic carbocycles. The molecule has 1 N–H and O–H groups in total. The summed E-state index contributed by atoms with van der Waals surface area (Å²) in [5.41, 5.74) is 0. The molecular formula is C7H12NO. The molecule has 0 aromatic heterocycles. The van der Waals surface area contributed by atoms with E-state index in [9.17, 15) is 5.11 Å². The summed E-state index contributed by atoms with van der Waals surface area (Å²) in [6, 6.07) is 1.15. The maximum absolute atomic E-state index is 11.0. The second-order valence-electron chi connectivity index (χ2n) is 3.23. The second-order valence-corrected chi connectivity index (χ2v) is 3.23. The van der Waals surface area contributed by atoms with Gasteiger partial charge in [0.1, 0.15) is 0 Å². The first-order valence-electron chi connectivity index (χ1n) is 3.76. The molecule has 2 nitrogen and oxygen atoms in total. The predicted octanol–water partition coefficient (Wildman–Crippen LogP) is 0.700. The highest BCUT2D eigenvalue weighted by atomic mass is 16.3. The molecule has 2 saturated heterocycles. The summed E-state index contributed by atoms with van der Waals surface area (Å²) in [7, 11) is 0. The lowest BCUT2D eigenvalue weighted by Crippen LogP contribution is -2.39. The first kappa shape index (κ1) is 5.69. The summed E-state index contributed by atoms with van der Waals surface area (Å²) in [5, 5.41) is 14.4. The highest BCUT2D eigenvalue weighted by Gasteiger charge is 2.32. The third-order valence-corrected chi connectivity index (χ3v) is 2.43. The predicted molar refractivity (Wildman–Crippen MR) is 33.7 cm³/mol. The number of piperidine rings is 1. The lowest BCUT2D eigenvalue weighted by atomic mass is 10.0. The van der Waals surface area contributed by atoms with Crippen molar-refractivity contribution in [2.75, 3.05) is 0 Å². The van der Waals surface area contributed by atoms with Gasteiger partial charge in [0.25, 0.3) is 0 Å². The van der Waals surface area contributed by atoms with Crippen LogP contribution in [0.15, 0.2) is 0 Å². The average molecular weight is 126 g/mol. The van der Waals surface area contributed by atoms with Crippen LogP contribution in [0.25, 0.3) is 0 Å². The molecule has 2 atom stereocenters. The van der Waals surface area contributed by atoms with Crippen molar-refractivity contribution >= 4 is 0 Å². The number of fused-ring (bicyclic) bond motifs is 2. The van der Waals surface area contributed by atoms with Gasteiger partial charge in [-0.15, -0.1) is 0 Å². The maximum atomic E-state index is 11.0. The first-order chi connectivity index (χ1) is 4.34. The van der Waals surface area contributed by atoms with Gasteiger partial charge >= 0.3 is 0 Å². The summed E-state index contributed by atoms with van der Waals surface area (Å²) in [5.74, 6) is 0. The van der Waals surface area contributed by atoms with Crippen molar-refractivity contribution in [1.82, 2.24) is 5.32 Å². The highest BCUT2D eigenvalue weighted by Crippen LogP contribution is 2.26. The molecule has 2 aliphatic rings. The Bertz CT molecular complexity index is 103. The summed E-state index contributed by atoms with van der Waals surface area (Å²) >= 11 is 0. The van der Waals surface area contributed by atoms with Gasteiger partial charge in [-0.1, -0.05) is 0 Å². The molecule has 0 spiro atoms. The van der Waals surface area contributed by atoms with E-state index in [1.807, 2.05) is 0 Å². The van der Waals surface area contributed by atoms with E-state index in [0.717, 1.165) is 12.8 Å². The van der Waals surface area contributed by atoms with Crippen LogP contribution in [0.1, 0.15) is 25.7 Å². The van der Waals surface area contributed by atoms with Crippen LogP contribution in [0.3, 0.4) is 0 Å². The van der Waals surface area contributed by atoms with E-state index in [2.05, 4.69) is 5.32 Å². The Balaban J connectivity index is 2.03. The van der Waals surface area contributed by atoms with E-state index < -0.39 is 0 Å². The molecule has 2 aliphatic heterocycles. The van der Waals surface area contributed by atoms with Crippen molar-refractivity contribution in [2.45, 2.75) is 43.9 Å². The van der Waals surface area contributed by atoms with E-state index >= 15 is 0 Å². The SMILES string of the molecule is [O]C1CC2CCC(C1)N2. The number of hydrogen-bond donors (Lipinski definition) is 1. The average Bonchev–Trinajstić information content (AvgIpc) is 2.11. The molecule has 0 amide bonds. The van der Waals surface area contributed by atoms with Gasteiger partial charge in [-0.2, -0.15) is 0 Å². The van der Waals surface area contributed by atoms with Gasteiger partial charge in [-0.05, 0) is 25.7 Å². The zero-order valence-corrected chi connectivity index (χ0v) is 5.47. The third-order valence-electron chi connectivity index (χ3n) is 2.43. The standard InChI is InChI=1S/C7H12NO/c9-7-3-5-1-2-6(4-7)8-5/h5-8H,1-4H2. The fourth-order valence-corrected chi connectivity index (χ4v) is 2.01. The largest absolute Gasteiger partial charge is 0.311 e. The van der Waals surface area contributed by atoms with Crippen LogP contribution in [0, 0.1) is 0 Å². The Hall–Kier alpha value is -0.0800. The quantitative estimate of drug-likeness (QED) is 0.509. The fourth-order valence-electron chi connectivity index (χ4n) is 2.01. The van der Waals surface area contributed by atoms with Crippen LogP contribution in [0.4, 0.5) is 0 Å². The minimum absolute atomic E-state index is 0.260. The molecule has 1 radical (unpaired) electrons. The molecule has 51 valence electrons. The van der Waals surface area contributed by atoms with Crippen LogP contribution in [0.2, 0.25) is 0 Å². The van der Waals surface area contributed by atoms with Gasteiger partial charge in [0.05, 0.1) is 6.10 Å². The lowest BCUT2D eigenvalue weighted by molar-refractivity contribution is 0.0456. The summed E-state index contributed by atoms with van der Waals surface area (Å²) in [6.07, 6.45) is 3.96. The molecule has 2 fully saturated rings. The molecule has 2 bridgehead atoms. The monoisotopic (exact) mass is 126 g/mol. The molecule has 0 aliphatic carbocycles. The van der Waals surface area contributed by atoms with Gasteiger partial charge in [0.15, 0.2) is 0 Å². The van der Waals surface area contributed by atoms with Crippen molar-refractivity contribution in [3.05, 3.63) is 0 Å². The first-order valence-corrected chi connectivity index (χ1v) is 3.76. The van der Waals surface area contributed by atoms with Gasteiger partial charge in [-0.25, -0.2) is 5.11 Å². The van der Waals surface area contributed by atoms with Crippen LogP contribution < -0.4 is 5.32 Å². The smallest absolute Gasteiger partial charge is 0.0959 e. The zero-order valence-electron chi connectivity index (χ0n) is 5.47. The van der Waals surface area contributed by atoms with E-state index in [1.165, 1.54) is 12.8 Å². The normalized spacial score (nSPS) is 49.7. The van der Waals surface area contributed by atoms with Crippen molar-refractivity contribution in [3.8, 4) is 0 Å². The minimum Gasteiger partial charge on any atom is -0.311 e. The zero-order chi connectivity index (χ0) is 6.27. The van der Waals surface area contributed by atoms with Gasteiger partial charge in [-0.3, -0.25) is 0 Å². The van der Waals surface area contributed by atoms with Crippen molar-refractivity contribution in [2.24, 2.45) is 0 Å². The van der Waals surface area contributed by atoms with Crippen molar-refractivity contribution in [1.29, 1.82) is 0 Å². The third kappa shape index (κ3) is 0.970. The molecule has 9 heavy (non-hydrogen) atoms. The molecule has 0 saturated carbocycles. The Morgan fingerprint density at radius 3 is 2.22 bits per heavy atom. The van der Waals surface area contributed by atoms with Gasteiger partial charge < -0.3 is 5.32 Å². The molecule has 0 aromatic rings. The van der Waals surface area contributed by atoms with E-state index in [-0.39, 0.29) is 6.10 Å². The summed E-state index contributed by atoms with van der Waals surface area (Å²) < 4.78 is 0. The Kier molecular flexibility index (Phi) is 1.24. The molecule has 2 rings (SSSR count). The number of rotatable bonds is 0. The molecular weight excluding hydrogens is 114 g/mol. The van der Waals surface area contributed by atoms with Crippen LogP contribution in [-0.4, -0.2) is 18.2 Å². The second kappa shape index (κ2) is 1.96. The summed E-state index contributed by atoms with van der Waals surface area (Å²) in [6.45, 7) is 0. The highest BCUT2D eigenvalue weighted by molar-refractivity contribution is 4.91. The number of nitrogens with one attached hydrogen (secondary N) is 1. The fraction of sp³-hybridized carbons (Fsp3) is 1.00. The molecule has 2 heteroatoms. The van der Waals surface area contributed by atoms with Gasteiger partial charge in [0, 0.05) is 12.1 Å². The van der Waals surface area contributed by atoms with Crippen LogP contribution in [0.5, 0.6) is 0 Å². The summed E-state index contributed by atoms with van der Waals surface area (Å²) in [4.78, 5) is 0. The Morgan fingerprint density at radius 2 is 1.67 bits per heavy atom. The van der Waals surface area contributed by atoms with Crippen LogP contribution >= 0.6 is 0 Å². The van der Waals surface area contributed by atoms with E-state index in [4.69, 9.17) is 0 Å². The minimum atomic E-state index is -0.260. The van der Waals surface area contributed by atoms with Crippen molar-refractivity contribution < 1.29 is 5.11 Å². The maximum Gasteiger partial charge on any atom is 0.0959 e. The Morgan fingerprint density at radius 1 is 1.11 bits per heavy atom. The van der Waals surface area contributed by atoms with Gasteiger partial charge in [0.2, 0.25) is 0 Å². The molecule has 2 heterocycles. The van der Waals surface area contributed by atoms with Crippen LogP contribution in [-0.2, 0) is 5.11 Å². The van der Waals surface area contributed by atoms with Crippen molar-refractivity contribution in [3.63, 3.8) is 0 Å². The van der Waals surface area contributed by atoms with E-state index in [1.54, 1.807) is 0 Å².